The van der Waals surface area contributed by atoms with Crippen LogP contribution in [0.25, 0.3) is 0 Å². The van der Waals surface area contributed by atoms with E-state index in [2.05, 4.69) is 10.3 Å². The third-order valence-electron chi connectivity index (χ3n) is 2.10. The van der Waals surface area contributed by atoms with Gasteiger partial charge in [0.1, 0.15) is 5.01 Å². The van der Waals surface area contributed by atoms with Gasteiger partial charge in [0.2, 0.25) is 5.91 Å². The topological polar surface area (TPSA) is 68.0 Å². The molecule has 1 rings (SSSR count). The number of carbonyl (C=O) groups is 1. The van der Waals surface area contributed by atoms with Crippen molar-refractivity contribution in [1.29, 1.82) is 0 Å². The van der Waals surface area contributed by atoms with Crippen LogP contribution in [0.4, 0.5) is 0 Å². The SMILES string of the molecule is CCC(NC(=O)CCCN)c1nccs1. The first kappa shape index (κ1) is 12.1. The maximum atomic E-state index is 11.5. The first-order valence-corrected chi connectivity index (χ1v) is 6.04. The van der Waals surface area contributed by atoms with Crippen molar-refractivity contribution in [2.24, 2.45) is 5.73 Å². The van der Waals surface area contributed by atoms with Gasteiger partial charge in [0.05, 0.1) is 6.04 Å². The van der Waals surface area contributed by atoms with Crippen molar-refractivity contribution >= 4 is 17.2 Å². The summed E-state index contributed by atoms with van der Waals surface area (Å²) >= 11 is 1.57. The molecule has 84 valence electrons. The van der Waals surface area contributed by atoms with Crippen molar-refractivity contribution in [2.45, 2.75) is 32.2 Å². The largest absolute Gasteiger partial charge is 0.347 e. The Hall–Kier alpha value is -0.940. The summed E-state index contributed by atoms with van der Waals surface area (Å²) in [6.07, 6.45) is 3.86. The zero-order valence-electron chi connectivity index (χ0n) is 8.90. The van der Waals surface area contributed by atoms with Gasteiger partial charge in [-0.25, -0.2) is 4.98 Å². The summed E-state index contributed by atoms with van der Waals surface area (Å²) in [5.41, 5.74) is 5.34. The number of hydrogen-bond acceptors (Lipinski definition) is 4. The first-order valence-electron chi connectivity index (χ1n) is 5.16. The van der Waals surface area contributed by atoms with Gasteiger partial charge >= 0.3 is 0 Å². The molecule has 15 heavy (non-hydrogen) atoms. The van der Waals surface area contributed by atoms with E-state index in [0.29, 0.717) is 13.0 Å². The lowest BCUT2D eigenvalue weighted by molar-refractivity contribution is -0.121. The van der Waals surface area contributed by atoms with E-state index in [0.717, 1.165) is 17.8 Å². The molecule has 0 aliphatic heterocycles. The fraction of sp³-hybridized carbons (Fsp3) is 0.600. The molecule has 0 saturated heterocycles. The second-order valence-electron chi connectivity index (χ2n) is 3.29. The van der Waals surface area contributed by atoms with Gasteiger partial charge < -0.3 is 11.1 Å². The molecule has 0 aliphatic carbocycles. The van der Waals surface area contributed by atoms with Crippen molar-refractivity contribution in [3.8, 4) is 0 Å². The third kappa shape index (κ3) is 3.97. The quantitative estimate of drug-likeness (QED) is 0.773. The van der Waals surface area contributed by atoms with Crippen molar-refractivity contribution in [2.75, 3.05) is 6.54 Å². The number of hydrogen-bond donors (Lipinski definition) is 2. The molecule has 0 bridgehead atoms. The Balaban J connectivity index is 2.44. The molecule has 4 nitrogen and oxygen atoms in total. The fourth-order valence-electron chi connectivity index (χ4n) is 1.27. The van der Waals surface area contributed by atoms with Crippen LogP contribution in [0.3, 0.4) is 0 Å². The zero-order chi connectivity index (χ0) is 11.1. The Bertz CT molecular complexity index is 287. The maximum absolute atomic E-state index is 11.5. The number of amides is 1. The minimum Gasteiger partial charge on any atom is -0.347 e. The van der Waals surface area contributed by atoms with E-state index in [1.807, 2.05) is 12.3 Å². The molecular weight excluding hydrogens is 210 g/mol. The van der Waals surface area contributed by atoms with Crippen LogP contribution in [0.2, 0.25) is 0 Å². The van der Waals surface area contributed by atoms with Crippen molar-refractivity contribution in [3.05, 3.63) is 16.6 Å². The van der Waals surface area contributed by atoms with Gasteiger partial charge in [0, 0.05) is 18.0 Å². The van der Waals surface area contributed by atoms with Gasteiger partial charge in [-0.2, -0.15) is 0 Å². The van der Waals surface area contributed by atoms with Crippen molar-refractivity contribution < 1.29 is 4.79 Å². The summed E-state index contributed by atoms with van der Waals surface area (Å²) in [5, 5.41) is 5.85. The summed E-state index contributed by atoms with van der Waals surface area (Å²) < 4.78 is 0. The third-order valence-corrected chi connectivity index (χ3v) is 2.99. The summed E-state index contributed by atoms with van der Waals surface area (Å²) in [6.45, 7) is 2.59. The van der Waals surface area contributed by atoms with Crippen LogP contribution in [0.1, 0.15) is 37.2 Å². The Morgan fingerprint density at radius 2 is 2.53 bits per heavy atom. The second kappa shape index (κ2) is 6.53. The summed E-state index contributed by atoms with van der Waals surface area (Å²) in [7, 11) is 0. The van der Waals surface area contributed by atoms with Gasteiger partial charge in [-0.15, -0.1) is 11.3 Å². The Kier molecular flexibility index (Phi) is 5.28. The minimum absolute atomic E-state index is 0.0512. The standard InChI is InChI=1S/C10H17N3OS/c1-2-8(10-12-6-7-15-10)13-9(14)4-3-5-11/h6-8H,2-5,11H2,1H3,(H,13,14). The minimum atomic E-state index is 0.0512. The normalized spacial score (nSPS) is 12.4. The number of nitrogens with two attached hydrogens (primary N) is 1. The van der Waals surface area contributed by atoms with E-state index in [4.69, 9.17) is 5.73 Å². The van der Waals surface area contributed by atoms with Crippen LogP contribution >= 0.6 is 11.3 Å². The highest BCUT2D eigenvalue weighted by atomic mass is 32.1. The van der Waals surface area contributed by atoms with Crippen LogP contribution < -0.4 is 11.1 Å². The van der Waals surface area contributed by atoms with Crippen LogP contribution in [-0.4, -0.2) is 17.4 Å². The van der Waals surface area contributed by atoms with E-state index in [9.17, 15) is 4.79 Å². The predicted molar refractivity (Wildman–Crippen MR) is 61.6 cm³/mol. The van der Waals surface area contributed by atoms with Crippen LogP contribution in [0.15, 0.2) is 11.6 Å². The summed E-state index contributed by atoms with van der Waals surface area (Å²) in [5.74, 6) is 0.0579. The van der Waals surface area contributed by atoms with E-state index in [1.165, 1.54) is 0 Å². The predicted octanol–water partition coefficient (Wildman–Crippen LogP) is 1.45. The van der Waals surface area contributed by atoms with E-state index in [1.54, 1.807) is 17.5 Å². The van der Waals surface area contributed by atoms with Gasteiger partial charge in [-0.05, 0) is 19.4 Å². The highest BCUT2D eigenvalue weighted by molar-refractivity contribution is 7.09. The Morgan fingerprint density at radius 3 is 3.07 bits per heavy atom. The summed E-state index contributed by atoms with van der Waals surface area (Å²) in [4.78, 5) is 15.7. The molecule has 1 aromatic rings. The second-order valence-corrected chi connectivity index (χ2v) is 4.22. The molecule has 5 heteroatoms. The number of aromatic nitrogens is 1. The number of thiazole rings is 1. The molecule has 0 saturated carbocycles. The lowest BCUT2D eigenvalue weighted by atomic mass is 10.2. The molecule has 1 aromatic heterocycles. The number of nitrogens with zero attached hydrogens (tertiary/aromatic N) is 1. The Labute approximate surface area is 93.9 Å². The van der Waals surface area contributed by atoms with Gasteiger partial charge in [0.15, 0.2) is 0 Å². The fourth-order valence-corrected chi connectivity index (χ4v) is 2.05. The molecular formula is C10H17N3OS. The number of rotatable bonds is 6. The molecule has 1 unspecified atom stereocenters. The van der Waals surface area contributed by atoms with Crippen LogP contribution in [0, 0.1) is 0 Å². The number of carbonyl (C=O) groups excluding carboxylic acids is 1. The lowest BCUT2D eigenvalue weighted by Crippen LogP contribution is -2.28. The monoisotopic (exact) mass is 227 g/mol. The van der Waals surface area contributed by atoms with Crippen molar-refractivity contribution in [3.63, 3.8) is 0 Å². The molecule has 0 aliphatic rings. The van der Waals surface area contributed by atoms with Crippen molar-refractivity contribution in [1.82, 2.24) is 10.3 Å². The van der Waals surface area contributed by atoms with E-state index < -0.39 is 0 Å². The molecule has 0 aromatic carbocycles. The van der Waals surface area contributed by atoms with Gasteiger partial charge in [-0.1, -0.05) is 6.92 Å². The smallest absolute Gasteiger partial charge is 0.220 e. The van der Waals surface area contributed by atoms with E-state index >= 15 is 0 Å². The maximum Gasteiger partial charge on any atom is 0.220 e. The zero-order valence-corrected chi connectivity index (χ0v) is 9.72. The molecule has 0 fully saturated rings. The lowest BCUT2D eigenvalue weighted by Gasteiger charge is -2.13. The van der Waals surface area contributed by atoms with Crippen LogP contribution in [0.5, 0.6) is 0 Å². The Morgan fingerprint density at radius 1 is 1.73 bits per heavy atom. The van der Waals surface area contributed by atoms with E-state index in [-0.39, 0.29) is 11.9 Å². The number of nitrogens with one attached hydrogen (secondary N) is 1. The average molecular weight is 227 g/mol. The molecule has 1 amide bonds. The first-order chi connectivity index (χ1) is 7.27. The highest BCUT2D eigenvalue weighted by Gasteiger charge is 2.14. The summed E-state index contributed by atoms with van der Waals surface area (Å²) in [6, 6.07) is 0.0512. The molecule has 0 spiro atoms. The molecule has 1 atom stereocenters. The van der Waals surface area contributed by atoms with Gasteiger partial charge in [0.25, 0.3) is 0 Å². The molecule has 1 heterocycles. The van der Waals surface area contributed by atoms with Gasteiger partial charge in [-0.3, -0.25) is 4.79 Å². The average Bonchev–Trinajstić information content (AvgIpc) is 2.76. The molecule has 0 radical (unpaired) electrons. The highest BCUT2D eigenvalue weighted by Crippen LogP contribution is 2.18. The van der Waals surface area contributed by atoms with Crippen LogP contribution in [-0.2, 0) is 4.79 Å². The molecule has 3 N–H and O–H groups in total.